The van der Waals surface area contributed by atoms with Gasteiger partial charge in [-0.2, -0.15) is 4.98 Å². The summed E-state index contributed by atoms with van der Waals surface area (Å²) in [7, 11) is 0. The standard InChI is InChI=1S/C15H19N3O2/c1-9(2)15-17-13(19)7-14(18-15)20-12-6-11(8-16)5-4-10(12)3/h4-7,9H,8,16H2,1-3H3,(H,17,18,19). The van der Waals surface area contributed by atoms with Crippen molar-refractivity contribution in [3.8, 4) is 11.6 Å². The van der Waals surface area contributed by atoms with Crippen molar-refractivity contribution < 1.29 is 4.74 Å². The second-order valence-electron chi connectivity index (χ2n) is 5.03. The van der Waals surface area contributed by atoms with Gasteiger partial charge in [-0.3, -0.25) is 4.79 Å². The zero-order chi connectivity index (χ0) is 14.7. The number of ether oxygens (including phenoxy) is 1. The molecule has 3 N–H and O–H groups in total. The molecule has 1 heterocycles. The number of aromatic amines is 1. The predicted octanol–water partition coefficient (Wildman–Crippen LogP) is 2.45. The Morgan fingerprint density at radius 1 is 1.35 bits per heavy atom. The minimum atomic E-state index is -0.216. The van der Waals surface area contributed by atoms with Crippen LogP contribution in [-0.4, -0.2) is 9.97 Å². The van der Waals surface area contributed by atoms with Gasteiger partial charge >= 0.3 is 0 Å². The van der Waals surface area contributed by atoms with E-state index < -0.39 is 0 Å². The van der Waals surface area contributed by atoms with E-state index in [1.807, 2.05) is 39.0 Å². The largest absolute Gasteiger partial charge is 0.438 e. The molecule has 2 aromatic rings. The van der Waals surface area contributed by atoms with Gasteiger partial charge in [0.05, 0.1) is 6.07 Å². The summed E-state index contributed by atoms with van der Waals surface area (Å²) in [5.41, 5.74) is 7.35. The van der Waals surface area contributed by atoms with Crippen LogP contribution in [0.15, 0.2) is 29.1 Å². The van der Waals surface area contributed by atoms with E-state index in [-0.39, 0.29) is 11.5 Å². The van der Waals surface area contributed by atoms with Crippen molar-refractivity contribution in [3.05, 3.63) is 51.6 Å². The van der Waals surface area contributed by atoms with Gasteiger partial charge in [-0.1, -0.05) is 26.0 Å². The number of nitrogens with two attached hydrogens (primary N) is 1. The third-order valence-electron chi connectivity index (χ3n) is 2.99. The van der Waals surface area contributed by atoms with Gasteiger partial charge in [-0.15, -0.1) is 0 Å². The molecule has 106 valence electrons. The van der Waals surface area contributed by atoms with E-state index >= 15 is 0 Å². The molecule has 0 aliphatic rings. The number of hydrogen-bond acceptors (Lipinski definition) is 4. The van der Waals surface area contributed by atoms with Gasteiger partial charge in [0, 0.05) is 12.5 Å². The van der Waals surface area contributed by atoms with E-state index in [0.717, 1.165) is 11.1 Å². The van der Waals surface area contributed by atoms with Crippen LogP contribution in [0.1, 0.15) is 36.7 Å². The van der Waals surface area contributed by atoms with Crippen LogP contribution in [0.25, 0.3) is 0 Å². The van der Waals surface area contributed by atoms with Crippen LogP contribution in [0.4, 0.5) is 0 Å². The van der Waals surface area contributed by atoms with Crippen molar-refractivity contribution in [2.45, 2.75) is 33.2 Å². The molecule has 5 nitrogen and oxygen atoms in total. The first-order valence-corrected chi connectivity index (χ1v) is 6.58. The second kappa shape index (κ2) is 5.88. The maximum atomic E-state index is 11.6. The summed E-state index contributed by atoms with van der Waals surface area (Å²) >= 11 is 0. The Morgan fingerprint density at radius 3 is 2.75 bits per heavy atom. The number of benzene rings is 1. The molecular weight excluding hydrogens is 254 g/mol. The molecule has 5 heteroatoms. The Kier molecular flexibility index (Phi) is 4.20. The minimum Gasteiger partial charge on any atom is -0.438 e. The molecule has 0 unspecified atom stereocenters. The Bertz CT molecular complexity index is 662. The number of hydrogen-bond donors (Lipinski definition) is 2. The van der Waals surface area contributed by atoms with Crippen LogP contribution in [0.5, 0.6) is 11.6 Å². The topological polar surface area (TPSA) is 81.0 Å². The monoisotopic (exact) mass is 273 g/mol. The highest BCUT2D eigenvalue weighted by Crippen LogP contribution is 2.24. The van der Waals surface area contributed by atoms with Gasteiger partial charge < -0.3 is 15.5 Å². The first kappa shape index (κ1) is 14.3. The van der Waals surface area contributed by atoms with Crippen LogP contribution in [-0.2, 0) is 6.54 Å². The fraction of sp³-hybridized carbons (Fsp3) is 0.333. The third kappa shape index (κ3) is 3.24. The van der Waals surface area contributed by atoms with Gasteiger partial charge in [0.2, 0.25) is 5.88 Å². The van der Waals surface area contributed by atoms with Crippen LogP contribution in [0, 0.1) is 6.92 Å². The van der Waals surface area contributed by atoms with E-state index in [9.17, 15) is 4.79 Å². The fourth-order valence-electron chi connectivity index (χ4n) is 1.77. The molecule has 2 rings (SSSR count). The van der Waals surface area contributed by atoms with E-state index in [4.69, 9.17) is 10.5 Å². The lowest BCUT2D eigenvalue weighted by atomic mass is 10.1. The van der Waals surface area contributed by atoms with Gasteiger partial charge in [0.1, 0.15) is 11.6 Å². The maximum Gasteiger partial charge on any atom is 0.254 e. The summed E-state index contributed by atoms with van der Waals surface area (Å²) in [4.78, 5) is 18.6. The lowest BCUT2D eigenvalue weighted by Crippen LogP contribution is -2.12. The Hall–Kier alpha value is -2.14. The van der Waals surface area contributed by atoms with Crippen molar-refractivity contribution in [1.82, 2.24) is 9.97 Å². The second-order valence-corrected chi connectivity index (χ2v) is 5.03. The lowest BCUT2D eigenvalue weighted by molar-refractivity contribution is 0.452. The summed E-state index contributed by atoms with van der Waals surface area (Å²) in [5.74, 6) is 1.71. The lowest BCUT2D eigenvalue weighted by Gasteiger charge is -2.11. The quantitative estimate of drug-likeness (QED) is 0.896. The molecule has 0 fully saturated rings. The predicted molar refractivity (Wildman–Crippen MR) is 78.1 cm³/mol. The van der Waals surface area contributed by atoms with Crippen LogP contribution in [0.2, 0.25) is 0 Å². The average molecular weight is 273 g/mol. The van der Waals surface area contributed by atoms with Crippen LogP contribution >= 0.6 is 0 Å². The number of rotatable bonds is 4. The van der Waals surface area contributed by atoms with Crippen molar-refractivity contribution in [1.29, 1.82) is 0 Å². The van der Waals surface area contributed by atoms with Gasteiger partial charge in [0.15, 0.2) is 0 Å². The van der Waals surface area contributed by atoms with E-state index in [1.54, 1.807) is 0 Å². The summed E-state index contributed by atoms with van der Waals surface area (Å²) in [6.45, 7) is 6.30. The van der Waals surface area contributed by atoms with E-state index in [0.29, 0.717) is 24.0 Å². The average Bonchev–Trinajstić information content (AvgIpc) is 2.40. The van der Waals surface area contributed by atoms with Crippen molar-refractivity contribution in [2.24, 2.45) is 5.73 Å². The van der Waals surface area contributed by atoms with Crippen LogP contribution in [0.3, 0.4) is 0 Å². The molecule has 0 saturated heterocycles. The summed E-state index contributed by atoms with van der Waals surface area (Å²) in [6, 6.07) is 7.11. The van der Waals surface area contributed by atoms with Crippen molar-refractivity contribution in [2.75, 3.05) is 0 Å². The molecule has 20 heavy (non-hydrogen) atoms. The molecule has 0 bridgehead atoms. The molecule has 1 aromatic heterocycles. The minimum absolute atomic E-state index is 0.128. The summed E-state index contributed by atoms with van der Waals surface area (Å²) < 4.78 is 5.74. The highest BCUT2D eigenvalue weighted by atomic mass is 16.5. The van der Waals surface area contributed by atoms with Gasteiger partial charge in [-0.05, 0) is 24.1 Å². The first-order valence-electron chi connectivity index (χ1n) is 6.58. The molecular formula is C15H19N3O2. The van der Waals surface area contributed by atoms with Crippen molar-refractivity contribution >= 4 is 0 Å². The molecule has 0 radical (unpaired) electrons. The summed E-state index contributed by atoms with van der Waals surface area (Å²) in [5, 5.41) is 0. The normalized spacial score (nSPS) is 10.8. The fourth-order valence-corrected chi connectivity index (χ4v) is 1.77. The van der Waals surface area contributed by atoms with Crippen LogP contribution < -0.4 is 16.0 Å². The molecule has 0 atom stereocenters. The zero-order valence-corrected chi connectivity index (χ0v) is 11.9. The molecule has 0 saturated carbocycles. The highest BCUT2D eigenvalue weighted by Gasteiger charge is 2.08. The van der Waals surface area contributed by atoms with Gasteiger partial charge in [-0.25, -0.2) is 0 Å². The Balaban J connectivity index is 2.37. The zero-order valence-electron chi connectivity index (χ0n) is 11.9. The number of aromatic nitrogens is 2. The molecule has 0 aliphatic carbocycles. The molecule has 0 aliphatic heterocycles. The molecule has 0 amide bonds. The number of H-pyrrole nitrogens is 1. The van der Waals surface area contributed by atoms with Gasteiger partial charge in [0.25, 0.3) is 5.56 Å². The third-order valence-corrected chi connectivity index (χ3v) is 2.99. The Morgan fingerprint density at radius 2 is 2.10 bits per heavy atom. The summed E-state index contributed by atoms with van der Waals surface area (Å²) in [6.07, 6.45) is 0. The van der Waals surface area contributed by atoms with E-state index in [1.165, 1.54) is 6.07 Å². The smallest absolute Gasteiger partial charge is 0.254 e. The number of nitrogens with zero attached hydrogens (tertiary/aromatic N) is 1. The maximum absolute atomic E-state index is 11.6. The highest BCUT2D eigenvalue weighted by molar-refractivity contribution is 5.38. The van der Waals surface area contributed by atoms with E-state index in [2.05, 4.69) is 9.97 Å². The first-order chi connectivity index (χ1) is 9.49. The number of nitrogens with one attached hydrogen (secondary N) is 1. The number of aryl methyl sites for hydroxylation is 1. The SMILES string of the molecule is Cc1ccc(CN)cc1Oc1cc(=O)[nH]c(C(C)C)n1. The Labute approximate surface area is 117 Å². The van der Waals surface area contributed by atoms with Crippen molar-refractivity contribution in [3.63, 3.8) is 0 Å². The molecule has 0 spiro atoms. The molecule has 1 aromatic carbocycles.